The standard InChI is InChI=1S/C16H21N3O2/c17-15(18-21)13-5-7-14(8-6-13)16(20)19(9-11-1-2-11)10-12-3-4-12/h5-8,11-12,21H,1-4,9-10H2,(H2,17,18). The zero-order valence-electron chi connectivity index (χ0n) is 12.0. The maximum Gasteiger partial charge on any atom is 0.253 e. The number of amidine groups is 1. The van der Waals surface area contributed by atoms with Crippen molar-refractivity contribution in [1.29, 1.82) is 0 Å². The Bertz CT molecular complexity index is 531. The van der Waals surface area contributed by atoms with Crippen molar-refractivity contribution >= 4 is 11.7 Å². The van der Waals surface area contributed by atoms with E-state index >= 15 is 0 Å². The number of nitrogens with two attached hydrogens (primary N) is 1. The van der Waals surface area contributed by atoms with E-state index in [-0.39, 0.29) is 11.7 Å². The monoisotopic (exact) mass is 287 g/mol. The summed E-state index contributed by atoms with van der Waals surface area (Å²) in [7, 11) is 0. The quantitative estimate of drug-likeness (QED) is 0.364. The lowest BCUT2D eigenvalue weighted by Crippen LogP contribution is -2.34. The molecule has 0 atom stereocenters. The molecule has 0 radical (unpaired) electrons. The highest BCUT2D eigenvalue weighted by Crippen LogP contribution is 2.34. The lowest BCUT2D eigenvalue weighted by Gasteiger charge is -2.22. The second kappa shape index (κ2) is 5.76. The molecule has 0 bridgehead atoms. The van der Waals surface area contributed by atoms with Crippen LogP contribution in [0.5, 0.6) is 0 Å². The van der Waals surface area contributed by atoms with Crippen LogP contribution in [-0.2, 0) is 0 Å². The Kier molecular flexibility index (Phi) is 3.82. The minimum absolute atomic E-state index is 0.0572. The van der Waals surface area contributed by atoms with E-state index in [9.17, 15) is 4.79 Å². The maximum atomic E-state index is 12.6. The fourth-order valence-electron chi connectivity index (χ4n) is 2.49. The van der Waals surface area contributed by atoms with E-state index in [1.54, 1.807) is 24.3 Å². The molecule has 112 valence electrons. The zero-order valence-corrected chi connectivity index (χ0v) is 12.0. The van der Waals surface area contributed by atoms with Crippen LogP contribution in [0, 0.1) is 11.8 Å². The van der Waals surface area contributed by atoms with Gasteiger partial charge in [-0.2, -0.15) is 0 Å². The first kappa shape index (κ1) is 13.9. The van der Waals surface area contributed by atoms with E-state index in [0.717, 1.165) is 13.1 Å². The number of oxime groups is 1. The Hall–Kier alpha value is -2.04. The lowest BCUT2D eigenvalue weighted by molar-refractivity contribution is 0.0739. The van der Waals surface area contributed by atoms with Gasteiger partial charge in [0, 0.05) is 24.2 Å². The Morgan fingerprint density at radius 2 is 1.57 bits per heavy atom. The third-order valence-electron chi connectivity index (χ3n) is 4.17. The third-order valence-corrected chi connectivity index (χ3v) is 4.17. The molecule has 0 spiro atoms. The van der Waals surface area contributed by atoms with Crippen molar-refractivity contribution in [3.05, 3.63) is 35.4 Å². The molecule has 0 aromatic heterocycles. The van der Waals surface area contributed by atoms with Gasteiger partial charge < -0.3 is 15.8 Å². The van der Waals surface area contributed by atoms with Crippen molar-refractivity contribution < 1.29 is 10.0 Å². The fraction of sp³-hybridized carbons (Fsp3) is 0.500. The Labute approximate surface area is 124 Å². The van der Waals surface area contributed by atoms with Gasteiger partial charge in [-0.1, -0.05) is 17.3 Å². The van der Waals surface area contributed by atoms with Gasteiger partial charge in [-0.15, -0.1) is 0 Å². The summed E-state index contributed by atoms with van der Waals surface area (Å²) in [6.45, 7) is 1.77. The van der Waals surface area contributed by atoms with Crippen molar-refractivity contribution in [3.63, 3.8) is 0 Å². The van der Waals surface area contributed by atoms with Crippen LogP contribution in [0.4, 0.5) is 0 Å². The van der Waals surface area contributed by atoms with E-state index in [1.165, 1.54) is 25.7 Å². The number of carbonyl (C=O) groups is 1. The van der Waals surface area contributed by atoms with Crippen molar-refractivity contribution in [2.75, 3.05) is 13.1 Å². The topological polar surface area (TPSA) is 78.9 Å². The molecule has 1 aromatic rings. The first-order valence-corrected chi connectivity index (χ1v) is 7.54. The second-order valence-electron chi connectivity index (χ2n) is 6.16. The molecule has 0 saturated heterocycles. The van der Waals surface area contributed by atoms with Gasteiger partial charge in [0.1, 0.15) is 0 Å². The predicted molar refractivity (Wildman–Crippen MR) is 80.3 cm³/mol. The van der Waals surface area contributed by atoms with E-state index < -0.39 is 0 Å². The summed E-state index contributed by atoms with van der Waals surface area (Å²) in [6, 6.07) is 6.94. The number of benzene rings is 1. The molecule has 5 heteroatoms. The normalized spacial score (nSPS) is 18.6. The van der Waals surface area contributed by atoms with E-state index in [4.69, 9.17) is 10.9 Å². The highest BCUT2D eigenvalue weighted by atomic mass is 16.4. The molecule has 3 N–H and O–H groups in total. The molecule has 2 saturated carbocycles. The van der Waals surface area contributed by atoms with Crippen LogP contribution < -0.4 is 5.73 Å². The molecule has 2 aliphatic rings. The van der Waals surface area contributed by atoms with Crippen LogP contribution in [0.2, 0.25) is 0 Å². The van der Waals surface area contributed by atoms with Crippen molar-refractivity contribution in [2.45, 2.75) is 25.7 Å². The first-order valence-electron chi connectivity index (χ1n) is 7.54. The highest BCUT2D eigenvalue weighted by molar-refractivity contribution is 5.99. The van der Waals surface area contributed by atoms with Crippen LogP contribution >= 0.6 is 0 Å². The number of carbonyl (C=O) groups excluding carboxylic acids is 1. The summed E-state index contributed by atoms with van der Waals surface area (Å²) in [5, 5.41) is 11.6. The van der Waals surface area contributed by atoms with Gasteiger partial charge in [0.25, 0.3) is 5.91 Å². The number of rotatable bonds is 6. The lowest BCUT2D eigenvalue weighted by atomic mass is 10.1. The average molecular weight is 287 g/mol. The molecule has 0 aliphatic heterocycles. The summed E-state index contributed by atoms with van der Waals surface area (Å²) < 4.78 is 0. The van der Waals surface area contributed by atoms with Crippen LogP contribution in [0.1, 0.15) is 41.6 Å². The van der Waals surface area contributed by atoms with Gasteiger partial charge in [0.05, 0.1) is 0 Å². The summed E-state index contributed by atoms with van der Waals surface area (Å²) in [4.78, 5) is 14.6. The van der Waals surface area contributed by atoms with Crippen LogP contribution in [0.25, 0.3) is 0 Å². The van der Waals surface area contributed by atoms with Gasteiger partial charge in [0.2, 0.25) is 0 Å². The minimum Gasteiger partial charge on any atom is -0.409 e. The van der Waals surface area contributed by atoms with Gasteiger partial charge in [0.15, 0.2) is 5.84 Å². The van der Waals surface area contributed by atoms with Crippen molar-refractivity contribution in [1.82, 2.24) is 4.90 Å². The van der Waals surface area contributed by atoms with Crippen molar-refractivity contribution in [2.24, 2.45) is 22.7 Å². The third kappa shape index (κ3) is 3.54. The van der Waals surface area contributed by atoms with Crippen LogP contribution in [-0.4, -0.2) is 34.9 Å². The molecule has 0 heterocycles. The number of hydrogen-bond acceptors (Lipinski definition) is 3. The predicted octanol–water partition coefficient (Wildman–Crippen LogP) is 2.04. The summed E-state index contributed by atoms with van der Waals surface area (Å²) in [5.41, 5.74) is 6.82. The minimum atomic E-state index is 0.0572. The molecule has 21 heavy (non-hydrogen) atoms. The molecule has 1 amide bonds. The molecular formula is C16H21N3O2. The zero-order chi connectivity index (χ0) is 14.8. The fourth-order valence-corrected chi connectivity index (χ4v) is 2.49. The SMILES string of the molecule is NC(=NO)c1ccc(C(=O)N(CC2CC2)CC2CC2)cc1. The largest absolute Gasteiger partial charge is 0.409 e. The molecule has 3 rings (SSSR count). The maximum absolute atomic E-state index is 12.6. The van der Waals surface area contributed by atoms with Gasteiger partial charge in [-0.25, -0.2) is 0 Å². The number of hydrogen-bond donors (Lipinski definition) is 2. The van der Waals surface area contributed by atoms with E-state index in [0.29, 0.717) is 23.0 Å². The van der Waals surface area contributed by atoms with Crippen LogP contribution in [0.15, 0.2) is 29.4 Å². The number of nitrogens with zero attached hydrogens (tertiary/aromatic N) is 2. The average Bonchev–Trinajstić information content (AvgIpc) is 3.41. The molecule has 1 aromatic carbocycles. The number of amides is 1. The van der Waals surface area contributed by atoms with Gasteiger partial charge in [-0.3, -0.25) is 4.79 Å². The van der Waals surface area contributed by atoms with Gasteiger partial charge >= 0.3 is 0 Å². The van der Waals surface area contributed by atoms with Crippen LogP contribution in [0.3, 0.4) is 0 Å². The molecule has 2 aliphatic carbocycles. The Balaban J connectivity index is 1.71. The molecule has 2 fully saturated rings. The van der Waals surface area contributed by atoms with E-state index in [1.807, 2.05) is 4.90 Å². The Morgan fingerprint density at radius 3 is 2.00 bits per heavy atom. The first-order chi connectivity index (χ1) is 10.2. The molecular weight excluding hydrogens is 266 g/mol. The van der Waals surface area contributed by atoms with E-state index in [2.05, 4.69) is 5.16 Å². The highest BCUT2D eigenvalue weighted by Gasteiger charge is 2.31. The molecule has 0 unspecified atom stereocenters. The van der Waals surface area contributed by atoms with Crippen molar-refractivity contribution in [3.8, 4) is 0 Å². The summed E-state index contributed by atoms with van der Waals surface area (Å²) in [6.07, 6.45) is 4.99. The second-order valence-corrected chi connectivity index (χ2v) is 6.16. The summed E-state index contributed by atoms with van der Waals surface area (Å²) >= 11 is 0. The molecule has 5 nitrogen and oxygen atoms in total. The summed E-state index contributed by atoms with van der Waals surface area (Å²) in [5.74, 6) is 1.55. The Morgan fingerprint density at radius 1 is 1.10 bits per heavy atom. The smallest absolute Gasteiger partial charge is 0.253 e. The van der Waals surface area contributed by atoms with Gasteiger partial charge in [-0.05, 0) is 49.7 Å².